The average molecular weight is 391 g/mol. The summed E-state index contributed by atoms with van der Waals surface area (Å²) in [6, 6.07) is 11.8. The summed E-state index contributed by atoms with van der Waals surface area (Å²) in [5, 5.41) is 8.96. The van der Waals surface area contributed by atoms with Crippen molar-refractivity contribution < 1.29 is 14.1 Å². The fourth-order valence-corrected chi connectivity index (χ4v) is 3.18. The van der Waals surface area contributed by atoms with Gasteiger partial charge < -0.3 is 20.1 Å². The molecule has 8 heteroatoms. The Balaban J connectivity index is 1.76. The maximum atomic E-state index is 12.2. The van der Waals surface area contributed by atoms with E-state index in [1.165, 1.54) is 11.8 Å². The maximum absolute atomic E-state index is 12.2. The second-order valence-electron chi connectivity index (χ2n) is 6.46. The quantitative estimate of drug-likeness (QED) is 0.684. The normalized spacial score (nSPS) is 13.2. The van der Waals surface area contributed by atoms with Crippen LogP contribution < -0.4 is 10.6 Å². The van der Waals surface area contributed by atoms with Crippen molar-refractivity contribution in [3.63, 3.8) is 0 Å². The fourth-order valence-electron chi connectivity index (χ4n) is 2.46. The lowest BCUT2D eigenvalue weighted by atomic mass is 10.1. The van der Waals surface area contributed by atoms with Gasteiger partial charge in [0.1, 0.15) is 5.76 Å². The van der Waals surface area contributed by atoms with Crippen LogP contribution in [0.5, 0.6) is 0 Å². The number of hydrogen-bond donors (Lipinski definition) is 2. The summed E-state index contributed by atoms with van der Waals surface area (Å²) in [5.74, 6) is 0.905. The summed E-state index contributed by atoms with van der Waals surface area (Å²) in [6.07, 6.45) is 0. The maximum Gasteiger partial charge on any atom is 0.238 e. The predicted octanol–water partition coefficient (Wildman–Crippen LogP) is 2.46. The number of thioether (sulfide) groups is 1. The van der Waals surface area contributed by atoms with Crippen LogP contribution in [-0.4, -0.2) is 53.5 Å². The van der Waals surface area contributed by atoms with Crippen LogP contribution in [0.3, 0.4) is 0 Å². The zero-order valence-electron chi connectivity index (χ0n) is 16.1. The number of aromatic nitrogens is 1. The standard InChI is InChI=1S/C19H26N4O3S/c1-13-10-17(22-26-13)21-19(25)14(2)27-12-18(24)20-11-16(23(3)4)15-8-6-5-7-9-15/h5-10,14,16H,11-12H2,1-4H3,(H,20,24)(H,21,22,25). The number of hydrogen-bond acceptors (Lipinski definition) is 6. The Hall–Kier alpha value is -2.32. The van der Waals surface area contributed by atoms with E-state index in [1.807, 2.05) is 44.4 Å². The van der Waals surface area contributed by atoms with E-state index in [2.05, 4.69) is 20.7 Å². The van der Waals surface area contributed by atoms with Gasteiger partial charge in [-0.3, -0.25) is 9.59 Å². The van der Waals surface area contributed by atoms with Gasteiger partial charge in [0.05, 0.1) is 17.0 Å². The molecular formula is C19H26N4O3S. The molecule has 2 atom stereocenters. The Labute approximate surface area is 163 Å². The van der Waals surface area contributed by atoms with Gasteiger partial charge in [0.25, 0.3) is 0 Å². The van der Waals surface area contributed by atoms with E-state index in [0.29, 0.717) is 18.1 Å². The summed E-state index contributed by atoms with van der Waals surface area (Å²) >= 11 is 1.28. The fraction of sp³-hybridized carbons (Fsp3) is 0.421. The third-order valence-electron chi connectivity index (χ3n) is 4.01. The molecule has 0 bridgehead atoms. The van der Waals surface area contributed by atoms with Crippen LogP contribution in [0.4, 0.5) is 5.82 Å². The van der Waals surface area contributed by atoms with Crippen LogP contribution in [-0.2, 0) is 9.59 Å². The average Bonchev–Trinajstić information content (AvgIpc) is 3.05. The van der Waals surface area contributed by atoms with Gasteiger partial charge in [-0.05, 0) is 33.5 Å². The first-order chi connectivity index (χ1) is 12.9. The highest BCUT2D eigenvalue weighted by Gasteiger charge is 2.18. The van der Waals surface area contributed by atoms with Crippen molar-refractivity contribution in [2.45, 2.75) is 25.1 Å². The highest BCUT2D eigenvalue weighted by atomic mass is 32.2. The molecule has 0 aliphatic rings. The first-order valence-corrected chi connectivity index (χ1v) is 9.75. The molecule has 0 saturated carbocycles. The zero-order valence-corrected chi connectivity index (χ0v) is 16.9. The van der Waals surface area contributed by atoms with Crippen molar-refractivity contribution in [2.24, 2.45) is 0 Å². The van der Waals surface area contributed by atoms with E-state index < -0.39 is 0 Å². The molecule has 146 valence electrons. The largest absolute Gasteiger partial charge is 0.360 e. The molecule has 1 aromatic carbocycles. The lowest BCUT2D eigenvalue weighted by molar-refractivity contribution is -0.118. The van der Waals surface area contributed by atoms with E-state index in [9.17, 15) is 9.59 Å². The number of carbonyl (C=O) groups excluding carboxylic acids is 2. The summed E-state index contributed by atoms with van der Waals surface area (Å²) < 4.78 is 4.91. The van der Waals surface area contributed by atoms with Crippen LogP contribution in [0.15, 0.2) is 40.9 Å². The Kier molecular flexibility index (Phi) is 7.87. The molecule has 2 N–H and O–H groups in total. The molecule has 27 heavy (non-hydrogen) atoms. The first-order valence-electron chi connectivity index (χ1n) is 8.70. The first kappa shape index (κ1) is 21.0. The molecule has 0 aliphatic heterocycles. The van der Waals surface area contributed by atoms with Crippen molar-refractivity contribution >= 4 is 29.4 Å². The highest BCUT2D eigenvalue weighted by molar-refractivity contribution is 8.01. The van der Waals surface area contributed by atoms with Crippen molar-refractivity contribution in [1.29, 1.82) is 0 Å². The molecule has 1 aromatic heterocycles. The van der Waals surface area contributed by atoms with Crippen LogP contribution in [0.1, 0.15) is 24.3 Å². The Morgan fingerprint density at radius 3 is 2.56 bits per heavy atom. The second kappa shape index (κ2) is 10.1. The molecule has 0 radical (unpaired) electrons. The molecular weight excluding hydrogens is 364 g/mol. The minimum absolute atomic E-state index is 0.0938. The predicted molar refractivity (Wildman–Crippen MR) is 108 cm³/mol. The lowest BCUT2D eigenvalue weighted by Crippen LogP contribution is -2.36. The van der Waals surface area contributed by atoms with Gasteiger partial charge in [0.15, 0.2) is 5.82 Å². The number of nitrogens with zero attached hydrogens (tertiary/aromatic N) is 2. The van der Waals surface area contributed by atoms with Gasteiger partial charge in [-0.1, -0.05) is 35.5 Å². The van der Waals surface area contributed by atoms with Crippen molar-refractivity contribution in [2.75, 3.05) is 31.7 Å². The molecule has 2 unspecified atom stereocenters. The van der Waals surface area contributed by atoms with Crippen molar-refractivity contribution in [3.05, 3.63) is 47.7 Å². The second-order valence-corrected chi connectivity index (χ2v) is 7.79. The third-order valence-corrected chi connectivity index (χ3v) is 5.16. The molecule has 0 saturated heterocycles. The number of likely N-dealkylation sites (N-methyl/N-ethyl adjacent to an activating group) is 1. The van der Waals surface area contributed by atoms with Gasteiger partial charge in [-0.2, -0.15) is 0 Å². The highest BCUT2D eigenvalue weighted by Crippen LogP contribution is 2.17. The Morgan fingerprint density at radius 1 is 1.26 bits per heavy atom. The summed E-state index contributed by atoms with van der Waals surface area (Å²) in [6.45, 7) is 4.02. The van der Waals surface area contributed by atoms with Crippen LogP contribution >= 0.6 is 11.8 Å². The van der Waals surface area contributed by atoms with E-state index >= 15 is 0 Å². The molecule has 0 spiro atoms. The monoisotopic (exact) mass is 390 g/mol. The van der Waals surface area contributed by atoms with Crippen molar-refractivity contribution in [3.8, 4) is 0 Å². The SMILES string of the molecule is Cc1cc(NC(=O)C(C)SCC(=O)NCC(c2ccccc2)N(C)C)no1. The van der Waals surface area contributed by atoms with Crippen LogP contribution in [0, 0.1) is 6.92 Å². The van der Waals surface area contributed by atoms with Crippen molar-refractivity contribution in [1.82, 2.24) is 15.4 Å². The summed E-state index contributed by atoms with van der Waals surface area (Å²) in [7, 11) is 3.97. The van der Waals surface area contributed by atoms with E-state index in [-0.39, 0.29) is 28.9 Å². The minimum Gasteiger partial charge on any atom is -0.360 e. The number of amides is 2. The van der Waals surface area contributed by atoms with Gasteiger partial charge in [-0.25, -0.2) is 0 Å². The van der Waals surface area contributed by atoms with Gasteiger partial charge in [-0.15, -0.1) is 11.8 Å². The number of anilines is 1. The Morgan fingerprint density at radius 2 is 1.96 bits per heavy atom. The smallest absolute Gasteiger partial charge is 0.238 e. The molecule has 2 amide bonds. The minimum atomic E-state index is -0.383. The van der Waals surface area contributed by atoms with Crippen LogP contribution in [0.25, 0.3) is 0 Å². The number of carbonyl (C=O) groups is 2. The molecule has 1 heterocycles. The third kappa shape index (κ3) is 6.73. The van der Waals surface area contributed by atoms with Gasteiger partial charge >= 0.3 is 0 Å². The van der Waals surface area contributed by atoms with E-state index in [1.54, 1.807) is 19.9 Å². The topological polar surface area (TPSA) is 87.5 Å². The molecule has 2 rings (SSSR count). The van der Waals surface area contributed by atoms with E-state index in [4.69, 9.17) is 4.52 Å². The summed E-state index contributed by atoms with van der Waals surface area (Å²) in [5.41, 5.74) is 1.14. The van der Waals surface area contributed by atoms with Gasteiger partial charge in [0, 0.05) is 12.6 Å². The molecule has 7 nitrogen and oxygen atoms in total. The van der Waals surface area contributed by atoms with Crippen LogP contribution in [0.2, 0.25) is 0 Å². The van der Waals surface area contributed by atoms with Gasteiger partial charge in [0.2, 0.25) is 11.8 Å². The zero-order chi connectivity index (χ0) is 19.8. The molecule has 0 aliphatic carbocycles. The number of rotatable bonds is 9. The molecule has 0 fully saturated rings. The lowest BCUT2D eigenvalue weighted by Gasteiger charge is -2.25. The van der Waals surface area contributed by atoms with E-state index in [0.717, 1.165) is 5.56 Å². The summed E-state index contributed by atoms with van der Waals surface area (Å²) in [4.78, 5) is 26.4. The molecule has 2 aromatic rings. The number of aryl methyl sites for hydroxylation is 1. The number of nitrogens with one attached hydrogen (secondary N) is 2. The number of benzene rings is 1. The Bertz CT molecular complexity index is 748.